The molecule has 1 unspecified atom stereocenters. The van der Waals surface area contributed by atoms with Gasteiger partial charge in [0.2, 0.25) is 0 Å². The number of benzene rings is 1. The normalized spacial score (nSPS) is 23.6. The van der Waals surface area contributed by atoms with Gasteiger partial charge in [0.15, 0.2) is 0 Å². The Hall–Kier alpha value is -1.02. The standard InChI is InChI=1S/C15H22N2/c1-16-10-14-9-13-7-2-3-8-15(13)17(14)11-12-5-4-6-12/h2-3,7-8,12,14,16H,4-6,9-11H2,1H3. The van der Waals surface area contributed by atoms with Gasteiger partial charge in [-0.2, -0.15) is 0 Å². The second-order valence-corrected chi connectivity index (χ2v) is 5.49. The first-order valence-corrected chi connectivity index (χ1v) is 6.87. The molecule has 1 aromatic rings. The van der Waals surface area contributed by atoms with Crippen molar-refractivity contribution in [1.29, 1.82) is 0 Å². The second kappa shape index (κ2) is 4.69. The summed E-state index contributed by atoms with van der Waals surface area (Å²) in [4.78, 5) is 2.65. The molecule has 1 aliphatic carbocycles. The highest BCUT2D eigenvalue weighted by molar-refractivity contribution is 5.59. The molecule has 1 aliphatic heterocycles. The Morgan fingerprint density at radius 1 is 1.29 bits per heavy atom. The summed E-state index contributed by atoms with van der Waals surface area (Å²) in [6.45, 7) is 2.37. The lowest BCUT2D eigenvalue weighted by Crippen LogP contribution is -2.42. The van der Waals surface area contributed by atoms with E-state index in [4.69, 9.17) is 0 Å². The van der Waals surface area contributed by atoms with Crippen molar-refractivity contribution in [2.45, 2.75) is 31.7 Å². The molecule has 2 heteroatoms. The Labute approximate surface area is 104 Å². The van der Waals surface area contributed by atoms with Gasteiger partial charge in [-0.05, 0) is 43.9 Å². The van der Waals surface area contributed by atoms with Crippen molar-refractivity contribution in [2.75, 3.05) is 25.0 Å². The quantitative estimate of drug-likeness (QED) is 0.854. The lowest BCUT2D eigenvalue weighted by molar-refractivity contribution is 0.311. The number of nitrogens with zero attached hydrogens (tertiary/aromatic N) is 1. The zero-order chi connectivity index (χ0) is 11.7. The summed E-state index contributed by atoms with van der Waals surface area (Å²) in [5.74, 6) is 0.945. The number of rotatable bonds is 4. The summed E-state index contributed by atoms with van der Waals surface area (Å²) >= 11 is 0. The average molecular weight is 230 g/mol. The van der Waals surface area contributed by atoms with Crippen molar-refractivity contribution in [2.24, 2.45) is 5.92 Å². The van der Waals surface area contributed by atoms with Crippen molar-refractivity contribution in [3.63, 3.8) is 0 Å². The Morgan fingerprint density at radius 3 is 2.82 bits per heavy atom. The zero-order valence-electron chi connectivity index (χ0n) is 10.7. The summed E-state index contributed by atoms with van der Waals surface area (Å²) in [6.07, 6.45) is 5.52. The number of para-hydroxylation sites is 1. The molecule has 2 aliphatic rings. The number of likely N-dealkylation sites (N-methyl/N-ethyl adjacent to an activating group) is 1. The minimum absolute atomic E-state index is 0.665. The van der Waals surface area contributed by atoms with Gasteiger partial charge in [-0.25, -0.2) is 0 Å². The van der Waals surface area contributed by atoms with Crippen molar-refractivity contribution in [3.8, 4) is 0 Å². The third-order valence-electron chi connectivity index (χ3n) is 4.32. The van der Waals surface area contributed by atoms with E-state index < -0.39 is 0 Å². The van der Waals surface area contributed by atoms with Crippen LogP contribution in [0.2, 0.25) is 0 Å². The highest BCUT2D eigenvalue weighted by atomic mass is 15.2. The molecule has 1 heterocycles. The maximum atomic E-state index is 3.34. The molecule has 1 N–H and O–H groups in total. The largest absolute Gasteiger partial charge is 0.366 e. The molecule has 3 rings (SSSR count). The summed E-state index contributed by atoms with van der Waals surface area (Å²) < 4.78 is 0. The lowest BCUT2D eigenvalue weighted by atomic mass is 9.85. The summed E-state index contributed by atoms with van der Waals surface area (Å²) in [7, 11) is 2.06. The average Bonchev–Trinajstić information content (AvgIpc) is 2.62. The van der Waals surface area contributed by atoms with Gasteiger partial charge in [0, 0.05) is 24.8 Å². The Balaban J connectivity index is 1.79. The molecule has 92 valence electrons. The molecule has 0 radical (unpaired) electrons. The number of fused-ring (bicyclic) bond motifs is 1. The van der Waals surface area contributed by atoms with E-state index in [1.165, 1.54) is 43.5 Å². The molecule has 0 saturated heterocycles. The molecular formula is C15H22N2. The van der Waals surface area contributed by atoms with E-state index >= 15 is 0 Å². The SMILES string of the molecule is CNCC1Cc2ccccc2N1CC1CCC1. The van der Waals surface area contributed by atoms with E-state index in [-0.39, 0.29) is 0 Å². The maximum absolute atomic E-state index is 3.34. The fraction of sp³-hybridized carbons (Fsp3) is 0.600. The number of hydrogen-bond acceptors (Lipinski definition) is 2. The first kappa shape index (κ1) is 11.1. The van der Waals surface area contributed by atoms with Crippen LogP contribution < -0.4 is 10.2 Å². The van der Waals surface area contributed by atoms with Crippen molar-refractivity contribution >= 4 is 5.69 Å². The Bertz CT molecular complexity index is 384. The van der Waals surface area contributed by atoms with E-state index in [2.05, 4.69) is 41.5 Å². The van der Waals surface area contributed by atoms with Crippen LogP contribution >= 0.6 is 0 Å². The van der Waals surface area contributed by atoms with Crippen LogP contribution in [0.15, 0.2) is 24.3 Å². The van der Waals surface area contributed by atoms with Gasteiger partial charge in [-0.1, -0.05) is 24.6 Å². The minimum atomic E-state index is 0.665. The van der Waals surface area contributed by atoms with Crippen molar-refractivity contribution < 1.29 is 0 Å². The number of anilines is 1. The van der Waals surface area contributed by atoms with Gasteiger partial charge in [-0.3, -0.25) is 0 Å². The van der Waals surface area contributed by atoms with Crippen LogP contribution in [-0.4, -0.2) is 26.2 Å². The van der Waals surface area contributed by atoms with Gasteiger partial charge >= 0.3 is 0 Å². The van der Waals surface area contributed by atoms with Crippen LogP contribution in [0.1, 0.15) is 24.8 Å². The second-order valence-electron chi connectivity index (χ2n) is 5.49. The molecule has 1 aromatic carbocycles. The summed E-state index contributed by atoms with van der Waals surface area (Å²) in [5, 5.41) is 3.34. The number of nitrogens with one attached hydrogen (secondary N) is 1. The zero-order valence-corrected chi connectivity index (χ0v) is 10.7. The fourth-order valence-electron chi connectivity index (χ4n) is 3.14. The van der Waals surface area contributed by atoms with E-state index in [1.807, 2.05) is 0 Å². The molecule has 1 atom stereocenters. The predicted octanol–water partition coefficient (Wildman–Crippen LogP) is 2.44. The molecule has 17 heavy (non-hydrogen) atoms. The van der Waals surface area contributed by atoms with Crippen LogP contribution in [0.5, 0.6) is 0 Å². The van der Waals surface area contributed by atoms with Crippen LogP contribution in [0.25, 0.3) is 0 Å². The molecule has 0 spiro atoms. The summed E-state index contributed by atoms with van der Waals surface area (Å²) in [5.41, 5.74) is 3.02. The van der Waals surface area contributed by atoms with Crippen LogP contribution in [0, 0.1) is 5.92 Å². The topological polar surface area (TPSA) is 15.3 Å². The Kier molecular flexibility index (Phi) is 3.06. The van der Waals surface area contributed by atoms with Crippen molar-refractivity contribution in [1.82, 2.24) is 5.32 Å². The monoisotopic (exact) mass is 230 g/mol. The van der Waals surface area contributed by atoms with Crippen LogP contribution in [0.4, 0.5) is 5.69 Å². The maximum Gasteiger partial charge on any atom is 0.0455 e. The highest BCUT2D eigenvalue weighted by Gasteiger charge is 2.31. The van der Waals surface area contributed by atoms with E-state index in [0.29, 0.717) is 6.04 Å². The van der Waals surface area contributed by atoms with Crippen molar-refractivity contribution in [3.05, 3.63) is 29.8 Å². The molecule has 2 nitrogen and oxygen atoms in total. The molecule has 1 saturated carbocycles. The predicted molar refractivity (Wildman–Crippen MR) is 72.5 cm³/mol. The van der Waals surface area contributed by atoms with Gasteiger partial charge in [-0.15, -0.1) is 0 Å². The molecule has 0 bridgehead atoms. The third kappa shape index (κ3) is 2.06. The van der Waals surface area contributed by atoms with Crippen LogP contribution in [-0.2, 0) is 6.42 Å². The van der Waals surface area contributed by atoms with Crippen LogP contribution in [0.3, 0.4) is 0 Å². The Morgan fingerprint density at radius 2 is 2.12 bits per heavy atom. The van der Waals surface area contributed by atoms with Gasteiger partial charge in [0.25, 0.3) is 0 Å². The molecular weight excluding hydrogens is 208 g/mol. The third-order valence-corrected chi connectivity index (χ3v) is 4.32. The summed E-state index contributed by atoms with van der Waals surface area (Å²) in [6, 6.07) is 9.59. The molecule has 1 fully saturated rings. The van der Waals surface area contributed by atoms with Gasteiger partial charge in [0.1, 0.15) is 0 Å². The number of hydrogen-bond donors (Lipinski definition) is 1. The fourth-order valence-corrected chi connectivity index (χ4v) is 3.14. The van der Waals surface area contributed by atoms with Gasteiger partial charge < -0.3 is 10.2 Å². The van der Waals surface area contributed by atoms with E-state index in [1.54, 1.807) is 0 Å². The molecule has 0 amide bonds. The first-order valence-electron chi connectivity index (χ1n) is 6.87. The molecule has 0 aromatic heterocycles. The van der Waals surface area contributed by atoms with E-state index in [9.17, 15) is 0 Å². The van der Waals surface area contributed by atoms with Gasteiger partial charge in [0.05, 0.1) is 0 Å². The first-order chi connectivity index (χ1) is 8.38. The lowest BCUT2D eigenvalue weighted by Gasteiger charge is -2.35. The smallest absolute Gasteiger partial charge is 0.0455 e. The minimum Gasteiger partial charge on any atom is -0.366 e. The van der Waals surface area contributed by atoms with E-state index in [0.717, 1.165) is 12.5 Å². The highest BCUT2D eigenvalue weighted by Crippen LogP contribution is 2.36.